The third kappa shape index (κ3) is 4.72. The molecule has 2 aromatic carbocycles. The van der Waals surface area contributed by atoms with Crippen LogP contribution in [0.3, 0.4) is 0 Å². The second-order valence-electron chi connectivity index (χ2n) is 7.47. The Labute approximate surface area is 190 Å². The lowest BCUT2D eigenvalue weighted by molar-refractivity contribution is 0.331. The number of halogens is 1. The number of nitrogens with one attached hydrogen (secondary N) is 3. The first-order chi connectivity index (χ1) is 15.8. The lowest BCUT2D eigenvalue weighted by Crippen LogP contribution is -2.15. The predicted molar refractivity (Wildman–Crippen MR) is 125 cm³/mol. The van der Waals surface area contributed by atoms with Gasteiger partial charge >= 0.3 is 0 Å². The first kappa shape index (κ1) is 22.5. The van der Waals surface area contributed by atoms with E-state index in [-0.39, 0.29) is 16.7 Å². The minimum atomic E-state index is -3.57. The molecule has 2 heterocycles. The Hall–Kier alpha value is -3.73. The van der Waals surface area contributed by atoms with Crippen molar-refractivity contribution in [1.29, 1.82) is 0 Å². The zero-order valence-corrected chi connectivity index (χ0v) is 19.1. The van der Waals surface area contributed by atoms with E-state index in [9.17, 15) is 12.8 Å². The molecule has 0 saturated carbocycles. The fourth-order valence-electron chi connectivity index (χ4n) is 3.16. The smallest absolute Gasteiger partial charge is 0.229 e. The molecule has 9 nitrogen and oxygen atoms in total. The molecule has 172 valence electrons. The lowest BCUT2D eigenvalue weighted by Gasteiger charge is -2.15. The van der Waals surface area contributed by atoms with Gasteiger partial charge in [0.25, 0.3) is 0 Å². The van der Waals surface area contributed by atoms with Gasteiger partial charge in [0.2, 0.25) is 5.95 Å². The van der Waals surface area contributed by atoms with Gasteiger partial charge in [-0.2, -0.15) is 10.1 Å². The number of aromatic nitrogens is 4. The van der Waals surface area contributed by atoms with Gasteiger partial charge in [0.05, 0.1) is 17.4 Å². The summed E-state index contributed by atoms with van der Waals surface area (Å²) >= 11 is 0. The first-order valence-electron chi connectivity index (χ1n) is 10.3. The molecule has 0 radical (unpaired) electrons. The number of anilines is 4. The fraction of sp³-hybridized carbons (Fsp3) is 0.227. The van der Waals surface area contributed by atoms with Crippen molar-refractivity contribution in [3.8, 4) is 5.75 Å². The molecular formula is C22H23FN6O3S. The standard InChI is InChI=1S/C22H23FN6O3S/c1-4-32-18-8-6-15(12-19(18)33(30,31)13(2)3)25-22-24-10-9-20(27-22)26-21-16-11-14(23)5-7-17(16)28-29-21/h5-13H,4H2,1-3H3,(H3,24,25,26,27,28,29). The monoisotopic (exact) mass is 470 g/mol. The molecule has 3 N–H and O–H groups in total. The molecule has 33 heavy (non-hydrogen) atoms. The molecule has 0 aliphatic rings. The summed E-state index contributed by atoms with van der Waals surface area (Å²) in [5, 5.41) is 13.0. The van der Waals surface area contributed by atoms with Crippen molar-refractivity contribution in [2.45, 2.75) is 30.9 Å². The van der Waals surface area contributed by atoms with E-state index in [0.717, 1.165) is 0 Å². The molecule has 0 aliphatic carbocycles. The van der Waals surface area contributed by atoms with Gasteiger partial charge in [0.15, 0.2) is 15.7 Å². The van der Waals surface area contributed by atoms with E-state index in [2.05, 4.69) is 30.8 Å². The van der Waals surface area contributed by atoms with Crippen LogP contribution in [0.25, 0.3) is 10.9 Å². The number of fused-ring (bicyclic) bond motifs is 1. The summed E-state index contributed by atoms with van der Waals surface area (Å²) in [6.45, 7) is 5.37. The van der Waals surface area contributed by atoms with Gasteiger partial charge in [-0.15, -0.1) is 0 Å². The molecule has 11 heteroatoms. The number of hydrogen-bond acceptors (Lipinski definition) is 8. The largest absolute Gasteiger partial charge is 0.493 e. The number of hydrogen-bond donors (Lipinski definition) is 3. The van der Waals surface area contributed by atoms with Crippen LogP contribution in [0.15, 0.2) is 53.6 Å². The van der Waals surface area contributed by atoms with Crippen molar-refractivity contribution in [3.63, 3.8) is 0 Å². The number of sulfone groups is 1. The topological polar surface area (TPSA) is 122 Å². The van der Waals surface area contributed by atoms with Crippen molar-refractivity contribution < 1.29 is 17.5 Å². The SMILES string of the molecule is CCOc1ccc(Nc2nccc(Nc3n[nH]c4ccc(F)cc34)n2)cc1S(=O)(=O)C(C)C. The summed E-state index contributed by atoms with van der Waals surface area (Å²) in [4.78, 5) is 8.69. The number of benzene rings is 2. The maximum Gasteiger partial charge on any atom is 0.229 e. The van der Waals surface area contributed by atoms with Crippen molar-refractivity contribution in [2.24, 2.45) is 0 Å². The van der Waals surface area contributed by atoms with Crippen LogP contribution in [0.1, 0.15) is 20.8 Å². The van der Waals surface area contributed by atoms with Crippen LogP contribution in [0.2, 0.25) is 0 Å². The quantitative estimate of drug-likeness (QED) is 0.343. The molecule has 2 aromatic heterocycles. The average molecular weight is 471 g/mol. The van der Waals surface area contributed by atoms with E-state index < -0.39 is 15.1 Å². The van der Waals surface area contributed by atoms with Crippen LogP contribution < -0.4 is 15.4 Å². The van der Waals surface area contributed by atoms with Gasteiger partial charge in [-0.3, -0.25) is 5.10 Å². The Morgan fingerprint density at radius 3 is 2.70 bits per heavy atom. The maximum atomic E-state index is 13.6. The van der Waals surface area contributed by atoms with Gasteiger partial charge in [0, 0.05) is 17.3 Å². The maximum absolute atomic E-state index is 13.6. The van der Waals surface area contributed by atoms with Crippen LogP contribution in [-0.2, 0) is 9.84 Å². The highest BCUT2D eigenvalue weighted by atomic mass is 32.2. The second-order valence-corrected chi connectivity index (χ2v) is 9.94. The predicted octanol–water partition coefficient (Wildman–Crippen LogP) is 4.56. The van der Waals surface area contributed by atoms with E-state index in [1.54, 1.807) is 45.0 Å². The molecule has 0 atom stereocenters. The Balaban J connectivity index is 1.61. The molecule has 0 fully saturated rings. The summed E-state index contributed by atoms with van der Waals surface area (Å²) in [5.41, 5.74) is 1.17. The summed E-state index contributed by atoms with van der Waals surface area (Å²) in [5.74, 6) is 1.00. The molecular weight excluding hydrogens is 447 g/mol. The van der Waals surface area contributed by atoms with E-state index >= 15 is 0 Å². The van der Waals surface area contributed by atoms with Crippen molar-refractivity contribution in [1.82, 2.24) is 20.2 Å². The van der Waals surface area contributed by atoms with Crippen molar-refractivity contribution in [3.05, 3.63) is 54.5 Å². The Bertz CT molecular complexity index is 1400. The Morgan fingerprint density at radius 2 is 1.94 bits per heavy atom. The molecule has 0 bridgehead atoms. The van der Waals surface area contributed by atoms with Crippen molar-refractivity contribution >= 4 is 44.0 Å². The normalized spacial score (nSPS) is 11.7. The molecule has 0 spiro atoms. The number of aromatic amines is 1. The van der Waals surface area contributed by atoms with E-state index in [4.69, 9.17) is 4.74 Å². The van der Waals surface area contributed by atoms with Gasteiger partial charge in [-0.05, 0) is 63.2 Å². The zero-order chi connectivity index (χ0) is 23.6. The fourth-order valence-corrected chi connectivity index (χ4v) is 4.36. The summed E-state index contributed by atoms with van der Waals surface area (Å²) < 4.78 is 44.8. The Morgan fingerprint density at radius 1 is 1.12 bits per heavy atom. The van der Waals surface area contributed by atoms with Gasteiger partial charge < -0.3 is 15.4 Å². The highest BCUT2D eigenvalue weighted by Gasteiger charge is 2.24. The molecule has 0 saturated heterocycles. The summed E-state index contributed by atoms with van der Waals surface area (Å²) in [6, 6.07) is 10.8. The van der Waals surface area contributed by atoms with Gasteiger partial charge in [-0.1, -0.05) is 0 Å². The van der Waals surface area contributed by atoms with E-state index in [1.165, 1.54) is 24.4 Å². The van der Waals surface area contributed by atoms with Crippen LogP contribution in [0.4, 0.5) is 27.7 Å². The number of ether oxygens (including phenoxy) is 1. The highest BCUT2D eigenvalue weighted by Crippen LogP contribution is 2.31. The third-order valence-electron chi connectivity index (χ3n) is 4.85. The summed E-state index contributed by atoms with van der Waals surface area (Å²) in [6.07, 6.45) is 1.54. The third-order valence-corrected chi connectivity index (χ3v) is 7.03. The van der Waals surface area contributed by atoms with E-state index in [1.807, 2.05) is 0 Å². The lowest BCUT2D eigenvalue weighted by atomic mass is 10.2. The van der Waals surface area contributed by atoms with E-state index in [0.29, 0.717) is 40.6 Å². The molecule has 0 aliphatic heterocycles. The highest BCUT2D eigenvalue weighted by molar-refractivity contribution is 7.92. The number of rotatable bonds is 8. The van der Waals surface area contributed by atoms with Crippen molar-refractivity contribution in [2.75, 3.05) is 17.2 Å². The summed E-state index contributed by atoms with van der Waals surface area (Å²) in [7, 11) is -3.57. The van der Waals surface area contributed by atoms with Crippen LogP contribution >= 0.6 is 0 Å². The van der Waals surface area contributed by atoms with Gasteiger partial charge in [-0.25, -0.2) is 17.8 Å². The molecule has 4 aromatic rings. The molecule has 0 unspecified atom stereocenters. The van der Waals surface area contributed by atoms with Crippen LogP contribution in [0.5, 0.6) is 5.75 Å². The number of nitrogens with zero attached hydrogens (tertiary/aromatic N) is 3. The molecule has 0 amide bonds. The second kappa shape index (κ2) is 9.02. The van der Waals surface area contributed by atoms with Crippen LogP contribution in [0, 0.1) is 5.82 Å². The minimum absolute atomic E-state index is 0.101. The van der Waals surface area contributed by atoms with Crippen LogP contribution in [-0.4, -0.2) is 40.4 Å². The number of H-pyrrole nitrogens is 1. The zero-order valence-electron chi connectivity index (χ0n) is 18.3. The van der Waals surface area contributed by atoms with Gasteiger partial charge in [0.1, 0.15) is 22.3 Å². The molecule has 4 rings (SSSR count). The minimum Gasteiger partial charge on any atom is -0.493 e. The first-order valence-corrected chi connectivity index (χ1v) is 11.8. The average Bonchev–Trinajstić information content (AvgIpc) is 3.17. The Kier molecular flexibility index (Phi) is 6.14.